The molecule has 3 nitrogen and oxygen atoms in total. The molecule has 0 aliphatic heterocycles. The van der Waals surface area contributed by atoms with Gasteiger partial charge in [0.2, 0.25) is 5.91 Å². The van der Waals surface area contributed by atoms with Gasteiger partial charge in [0.1, 0.15) is 0 Å². The first-order chi connectivity index (χ1) is 8.13. The van der Waals surface area contributed by atoms with Crippen molar-refractivity contribution in [1.29, 1.82) is 0 Å². The molecule has 98 valence electrons. The number of hydrogen-bond donors (Lipinski definition) is 1. The van der Waals surface area contributed by atoms with Crippen molar-refractivity contribution in [3.63, 3.8) is 0 Å². The maximum Gasteiger partial charge on any atom is 0.242 e. The average Bonchev–Trinajstić information content (AvgIpc) is 2.39. The van der Waals surface area contributed by atoms with E-state index in [4.69, 9.17) is 5.73 Å². The number of nitrogens with zero attached hydrogens (tertiary/aromatic N) is 1. The largest absolute Gasteiger partial charge is 0.341 e. The van der Waals surface area contributed by atoms with Crippen LogP contribution in [0.3, 0.4) is 0 Å². The summed E-state index contributed by atoms with van der Waals surface area (Å²) in [5.41, 5.74) is 5.77. The standard InChI is InChI=1S/C14H26N2O/c1-16(12-8-4-2-5-9-12)13(17)14(15)10-6-3-7-11-14/h12H,2-11,15H2,1H3. The Hall–Kier alpha value is -0.570. The molecule has 2 rings (SSSR count). The summed E-state index contributed by atoms with van der Waals surface area (Å²) in [7, 11) is 1.96. The van der Waals surface area contributed by atoms with Gasteiger partial charge < -0.3 is 10.6 Å². The van der Waals surface area contributed by atoms with E-state index in [1.54, 1.807) is 0 Å². The number of amides is 1. The Kier molecular flexibility index (Phi) is 4.08. The molecule has 0 saturated heterocycles. The highest BCUT2D eigenvalue weighted by molar-refractivity contribution is 5.86. The Morgan fingerprint density at radius 3 is 2.18 bits per heavy atom. The lowest BCUT2D eigenvalue weighted by Crippen LogP contribution is -2.57. The van der Waals surface area contributed by atoms with E-state index in [0.29, 0.717) is 6.04 Å². The molecule has 17 heavy (non-hydrogen) atoms. The third kappa shape index (κ3) is 2.82. The van der Waals surface area contributed by atoms with Gasteiger partial charge in [0, 0.05) is 13.1 Å². The predicted octanol–water partition coefficient (Wildman–Crippen LogP) is 2.44. The van der Waals surface area contributed by atoms with Gasteiger partial charge in [-0.15, -0.1) is 0 Å². The number of likely N-dealkylation sites (N-methyl/N-ethyl adjacent to an activating group) is 1. The van der Waals surface area contributed by atoms with E-state index in [1.807, 2.05) is 11.9 Å². The van der Waals surface area contributed by atoms with Gasteiger partial charge in [0.05, 0.1) is 5.54 Å². The van der Waals surface area contributed by atoms with Gasteiger partial charge in [-0.25, -0.2) is 0 Å². The van der Waals surface area contributed by atoms with E-state index in [1.165, 1.54) is 38.5 Å². The fourth-order valence-corrected chi connectivity index (χ4v) is 3.38. The van der Waals surface area contributed by atoms with Crippen molar-refractivity contribution in [2.45, 2.75) is 75.8 Å². The summed E-state index contributed by atoms with van der Waals surface area (Å²) in [6, 6.07) is 0.443. The quantitative estimate of drug-likeness (QED) is 0.803. The Balaban J connectivity index is 1.97. The van der Waals surface area contributed by atoms with Gasteiger partial charge in [-0.2, -0.15) is 0 Å². The minimum atomic E-state index is -0.551. The number of hydrogen-bond acceptors (Lipinski definition) is 2. The molecule has 0 atom stereocenters. The molecule has 0 radical (unpaired) electrons. The highest BCUT2D eigenvalue weighted by Crippen LogP contribution is 2.30. The Morgan fingerprint density at radius 2 is 1.59 bits per heavy atom. The zero-order valence-corrected chi connectivity index (χ0v) is 11.1. The lowest BCUT2D eigenvalue weighted by molar-refractivity contribution is -0.139. The Morgan fingerprint density at radius 1 is 1.06 bits per heavy atom. The second kappa shape index (κ2) is 5.38. The summed E-state index contributed by atoms with van der Waals surface area (Å²) in [5, 5.41) is 0. The average molecular weight is 238 g/mol. The van der Waals surface area contributed by atoms with E-state index < -0.39 is 5.54 Å². The maximum atomic E-state index is 12.5. The first-order valence-electron chi connectivity index (χ1n) is 7.20. The lowest BCUT2D eigenvalue weighted by atomic mass is 9.81. The number of rotatable bonds is 2. The smallest absolute Gasteiger partial charge is 0.242 e. The molecule has 2 N–H and O–H groups in total. The van der Waals surface area contributed by atoms with Crippen LogP contribution in [-0.4, -0.2) is 29.4 Å². The van der Waals surface area contributed by atoms with Crippen LogP contribution in [0, 0.1) is 0 Å². The molecule has 3 heteroatoms. The van der Waals surface area contributed by atoms with Gasteiger partial charge in [-0.3, -0.25) is 4.79 Å². The van der Waals surface area contributed by atoms with Crippen LogP contribution in [0.4, 0.5) is 0 Å². The molecule has 0 unspecified atom stereocenters. The van der Waals surface area contributed by atoms with Crippen LogP contribution in [0.5, 0.6) is 0 Å². The van der Waals surface area contributed by atoms with Gasteiger partial charge >= 0.3 is 0 Å². The normalized spacial score (nSPS) is 25.5. The zero-order valence-electron chi connectivity index (χ0n) is 11.1. The molecule has 0 aromatic carbocycles. The molecule has 2 aliphatic carbocycles. The first kappa shape index (κ1) is 12.9. The molecule has 0 bridgehead atoms. The van der Waals surface area contributed by atoms with Crippen molar-refractivity contribution in [1.82, 2.24) is 4.90 Å². The van der Waals surface area contributed by atoms with Gasteiger partial charge in [-0.1, -0.05) is 38.5 Å². The molecule has 2 saturated carbocycles. The third-order valence-electron chi connectivity index (χ3n) is 4.61. The number of carbonyl (C=O) groups is 1. The van der Waals surface area contributed by atoms with Gasteiger partial charge in [0.15, 0.2) is 0 Å². The summed E-state index contributed by atoms with van der Waals surface area (Å²) in [6.07, 6.45) is 11.4. The van der Waals surface area contributed by atoms with Crippen molar-refractivity contribution in [3.05, 3.63) is 0 Å². The first-order valence-corrected chi connectivity index (χ1v) is 7.20. The summed E-state index contributed by atoms with van der Waals surface area (Å²) in [6.45, 7) is 0. The Bertz CT molecular complexity index is 265. The van der Waals surface area contributed by atoms with Crippen LogP contribution in [0.2, 0.25) is 0 Å². The van der Waals surface area contributed by atoms with Crippen molar-refractivity contribution in [2.24, 2.45) is 5.73 Å². The fraction of sp³-hybridized carbons (Fsp3) is 0.929. The zero-order chi connectivity index (χ0) is 12.3. The van der Waals surface area contributed by atoms with E-state index in [-0.39, 0.29) is 5.91 Å². The summed E-state index contributed by atoms with van der Waals surface area (Å²) < 4.78 is 0. The minimum Gasteiger partial charge on any atom is -0.341 e. The van der Waals surface area contributed by atoms with Gasteiger partial charge in [0.25, 0.3) is 0 Å². The maximum absolute atomic E-state index is 12.5. The Labute approximate surface area is 105 Å². The molecule has 0 aromatic rings. The van der Waals surface area contributed by atoms with Crippen molar-refractivity contribution in [3.8, 4) is 0 Å². The van der Waals surface area contributed by atoms with E-state index in [9.17, 15) is 4.79 Å². The second-order valence-electron chi connectivity index (χ2n) is 5.92. The van der Waals surface area contributed by atoms with Crippen LogP contribution in [0.25, 0.3) is 0 Å². The molecule has 1 amide bonds. The number of nitrogens with two attached hydrogens (primary N) is 1. The van der Waals surface area contributed by atoms with Crippen LogP contribution < -0.4 is 5.73 Å². The summed E-state index contributed by atoms with van der Waals surface area (Å²) in [4.78, 5) is 14.5. The van der Waals surface area contributed by atoms with E-state index in [0.717, 1.165) is 25.7 Å². The SMILES string of the molecule is CN(C(=O)C1(N)CCCCC1)C1CCCCC1. The summed E-state index contributed by atoms with van der Waals surface area (Å²) in [5.74, 6) is 0.198. The van der Waals surface area contributed by atoms with E-state index >= 15 is 0 Å². The van der Waals surface area contributed by atoms with Crippen LogP contribution in [0.15, 0.2) is 0 Å². The minimum absolute atomic E-state index is 0.198. The highest BCUT2D eigenvalue weighted by Gasteiger charge is 2.39. The molecule has 0 aromatic heterocycles. The van der Waals surface area contributed by atoms with Crippen LogP contribution in [0.1, 0.15) is 64.2 Å². The summed E-state index contributed by atoms with van der Waals surface area (Å²) >= 11 is 0. The highest BCUT2D eigenvalue weighted by atomic mass is 16.2. The second-order valence-corrected chi connectivity index (χ2v) is 5.92. The molecular formula is C14H26N2O. The van der Waals surface area contributed by atoms with E-state index in [2.05, 4.69) is 0 Å². The fourth-order valence-electron chi connectivity index (χ4n) is 3.38. The third-order valence-corrected chi connectivity index (χ3v) is 4.61. The molecule has 0 heterocycles. The predicted molar refractivity (Wildman–Crippen MR) is 69.6 cm³/mol. The van der Waals surface area contributed by atoms with Crippen LogP contribution in [-0.2, 0) is 4.79 Å². The topological polar surface area (TPSA) is 46.3 Å². The number of carbonyl (C=O) groups excluding carboxylic acids is 1. The van der Waals surface area contributed by atoms with Crippen molar-refractivity contribution >= 4 is 5.91 Å². The van der Waals surface area contributed by atoms with Crippen molar-refractivity contribution < 1.29 is 4.79 Å². The molecule has 2 aliphatic rings. The van der Waals surface area contributed by atoms with Gasteiger partial charge in [-0.05, 0) is 25.7 Å². The molecule has 0 spiro atoms. The molecular weight excluding hydrogens is 212 g/mol. The van der Waals surface area contributed by atoms with Crippen LogP contribution >= 0.6 is 0 Å². The van der Waals surface area contributed by atoms with Crippen molar-refractivity contribution in [2.75, 3.05) is 7.05 Å². The lowest BCUT2D eigenvalue weighted by Gasteiger charge is -2.39. The molecule has 2 fully saturated rings. The monoisotopic (exact) mass is 238 g/mol.